The number of benzene rings is 1. The number of nitrogen functional groups attached to an aromatic ring is 1. The third-order valence-corrected chi connectivity index (χ3v) is 4.08. The molecule has 2 N–H and O–H groups in total. The third-order valence-electron chi connectivity index (χ3n) is 3.59. The smallest absolute Gasteiger partial charge is 0.410 e. The molecule has 0 bridgehead atoms. The summed E-state index contributed by atoms with van der Waals surface area (Å²) in [4.78, 5) is 16.2. The van der Waals surface area contributed by atoms with Gasteiger partial charge in [0.15, 0.2) is 0 Å². The predicted molar refractivity (Wildman–Crippen MR) is 93.2 cm³/mol. The highest BCUT2D eigenvalue weighted by Crippen LogP contribution is 2.29. The standard InChI is InChI=1S/C16H24BrN3O2/c1-11-10-19(14-9-12(17)5-6-13(14)18)7-8-20(11)15(21)22-16(2,3)4/h5-6,9,11H,7-8,10,18H2,1-4H3. The van der Waals surface area contributed by atoms with Crippen LogP contribution in [0.2, 0.25) is 0 Å². The fourth-order valence-electron chi connectivity index (χ4n) is 2.56. The maximum Gasteiger partial charge on any atom is 0.410 e. The number of halogens is 1. The molecule has 2 rings (SSSR count). The van der Waals surface area contributed by atoms with E-state index in [1.807, 2.05) is 45.9 Å². The summed E-state index contributed by atoms with van der Waals surface area (Å²) in [5.41, 5.74) is 7.36. The van der Waals surface area contributed by atoms with Gasteiger partial charge in [-0.3, -0.25) is 0 Å². The quantitative estimate of drug-likeness (QED) is 0.769. The van der Waals surface area contributed by atoms with Crippen molar-refractivity contribution in [3.63, 3.8) is 0 Å². The summed E-state index contributed by atoms with van der Waals surface area (Å²) in [6, 6.07) is 5.91. The highest BCUT2D eigenvalue weighted by molar-refractivity contribution is 9.10. The van der Waals surface area contributed by atoms with Crippen LogP contribution in [0.4, 0.5) is 16.2 Å². The van der Waals surface area contributed by atoms with Crippen molar-refractivity contribution in [2.45, 2.75) is 39.3 Å². The van der Waals surface area contributed by atoms with E-state index in [-0.39, 0.29) is 12.1 Å². The van der Waals surface area contributed by atoms with Gasteiger partial charge >= 0.3 is 6.09 Å². The van der Waals surface area contributed by atoms with Gasteiger partial charge in [0.2, 0.25) is 0 Å². The average molecular weight is 370 g/mol. The van der Waals surface area contributed by atoms with Crippen LogP contribution in [0, 0.1) is 0 Å². The van der Waals surface area contributed by atoms with Gasteiger partial charge < -0.3 is 20.3 Å². The lowest BCUT2D eigenvalue weighted by molar-refractivity contribution is 0.0159. The van der Waals surface area contributed by atoms with Crippen molar-refractivity contribution in [3.05, 3.63) is 22.7 Å². The fourth-order valence-corrected chi connectivity index (χ4v) is 2.91. The van der Waals surface area contributed by atoms with E-state index in [0.717, 1.165) is 28.9 Å². The maximum atomic E-state index is 12.2. The number of amides is 1. The molecule has 0 radical (unpaired) electrons. The molecule has 0 saturated carbocycles. The summed E-state index contributed by atoms with van der Waals surface area (Å²) in [6.45, 7) is 9.78. The molecule has 5 nitrogen and oxygen atoms in total. The normalized spacial score (nSPS) is 19.2. The Morgan fingerprint density at radius 1 is 1.36 bits per heavy atom. The van der Waals surface area contributed by atoms with E-state index >= 15 is 0 Å². The minimum absolute atomic E-state index is 0.0713. The van der Waals surface area contributed by atoms with Gasteiger partial charge in [0.05, 0.1) is 11.4 Å². The summed E-state index contributed by atoms with van der Waals surface area (Å²) < 4.78 is 6.47. The topological polar surface area (TPSA) is 58.8 Å². The number of carbonyl (C=O) groups excluding carboxylic acids is 1. The second-order valence-electron chi connectivity index (χ2n) is 6.67. The number of carbonyl (C=O) groups is 1. The van der Waals surface area contributed by atoms with Crippen LogP contribution in [0.5, 0.6) is 0 Å². The Balaban J connectivity index is 2.06. The van der Waals surface area contributed by atoms with E-state index < -0.39 is 5.60 Å². The van der Waals surface area contributed by atoms with E-state index in [1.54, 1.807) is 4.90 Å². The van der Waals surface area contributed by atoms with Crippen molar-refractivity contribution in [2.24, 2.45) is 0 Å². The zero-order valence-corrected chi connectivity index (χ0v) is 15.2. The zero-order chi connectivity index (χ0) is 16.5. The molecule has 1 amide bonds. The van der Waals surface area contributed by atoms with Crippen molar-refractivity contribution in [1.29, 1.82) is 0 Å². The molecular weight excluding hydrogens is 346 g/mol. The minimum atomic E-state index is -0.470. The van der Waals surface area contributed by atoms with Crippen LogP contribution in [0.1, 0.15) is 27.7 Å². The van der Waals surface area contributed by atoms with Crippen molar-refractivity contribution in [2.75, 3.05) is 30.3 Å². The van der Waals surface area contributed by atoms with Gasteiger partial charge in [-0.1, -0.05) is 15.9 Å². The molecule has 0 spiro atoms. The molecule has 1 heterocycles. The van der Waals surface area contributed by atoms with Crippen LogP contribution in [0.15, 0.2) is 22.7 Å². The lowest BCUT2D eigenvalue weighted by atomic mass is 10.1. The molecule has 0 aliphatic carbocycles. The van der Waals surface area contributed by atoms with Gasteiger partial charge in [-0.15, -0.1) is 0 Å². The lowest BCUT2D eigenvalue weighted by Gasteiger charge is -2.41. The van der Waals surface area contributed by atoms with E-state index in [2.05, 4.69) is 20.8 Å². The first-order valence-corrected chi connectivity index (χ1v) is 8.26. The second-order valence-corrected chi connectivity index (χ2v) is 7.59. The van der Waals surface area contributed by atoms with Gasteiger partial charge in [-0.2, -0.15) is 0 Å². The fraction of sp³-hybridized carbons (Fsp3) is 0.562. The second kappa shape index (κ2) is 6.36. The van der Waals surface area contributed by atoms with Crippen molar-refractivity contribution in [1.82, 2.24) is 4.90 Å². The Morgan fingerprint density at radius 2 is 2.05 bits per heavy atom. The number of piperazine rings is 1. The minimum Gasteiger partial charge on any atom is -0.444 e. The summed E-state index contributed by atoms with van der Waals surface area (Å²) in [7, 11) is 0. The Hall–Kier alpha value is -1.43. The number of anilines is 2. The first-order chi connectivity index (χ1) is 10.2. The number of nitrogens with zero attached hydrogens (tertiary/aromatic N) is 2. The SMILES string of the molecule is CC1CN(c2cc(Br)ccc2N)CCN1C(=O)OC(C)(C)C. The van der Waals surface area contributed by atoms with E-state index in [4.69, 9.17) is 10.5 Å². The third kappa shape index (κ3) is 4.06. The molecular formula is C16H24BrN3O2. The summed E-state index contributed by atoms with van der Waals surface area (Å²) in [6.07, 6.45) is -0.248. The molecule has 1 fully saturated rings. The molecule has 1 unspecified atom stereocenters. The summed E-state index contributed by atoms with van der Waals surface area (Å²) >= 11 is 3.48. The molecule has 122 valence electrons. The van der Waals surface area contributed by atoms with Crippen molar-refractivity contribution >= 4 is 33.4 Å². The van der Waals surface area contributed by atoms with Crippen LogP contribution in [0.3, 0.4) is 0 Å². The highest BCUT2D eigenvalue weighted by Gasteiger charge is 2.31. The van der Waals surface area contributed by atoms with Crippen LogP contribution in [0.25, 0.3) is 0 Å². The molecule has 1 aromatic carbocycles. The average Bonchev–Trinajstić information content (AvgIpc) is 2.39. The van der Waals surface area contributed by atoms with Gasteiger partial charge in [-0.25, -0.2) is 4.79 Å². The molecule has 6 heteroatoms. The lowest BCUT2D eigenvalue weighted by Crippen LogP contribution is -2.55. The van der Waals surface area contributed by atoms with Crippen LogP contribution in [-0.4, -0.2) is 42.3 Å². The number of hydrogen-bond acceptors (Lipinski definition) is 4. The van der Waals surface area contributed by atoms with Gasteiger partial charge in [0.25, 0.3) is 0 Å². The number of nitrogens with two attached hydrogens (primary N) is 1. The van der Waals surface area contributed by atoms with Crippen molar-refractivity contribution in [3.8, 4) is 0 Å². The van der Waals surface area contributed by atoms with Gasteiger partial charge in [-0.05, 0) is 45.9 Å². The molecule has 22 heavy (non-hydrogen) atoms. The Labute approximate surface area is 140 Å². The first-order valence-electron chi connectivity index (χ1n) is 7.47. The largest absolute Gasteiger partial charge is 0.444 e. The van der Waals surface area contributed by atoms with Gasteiger partial charge in [0.1, 0.15) is 5.60 Å². The number of hydrogen-bond donors (Lipinski definition) is 1. The van der Waals surface area contributed by atoms with Crippen molar-refractivity contribution < 1.29 is 9.53 Å². The zero-order valence-electron chi connectivity index (χ0n) is 13.6. The maximum absolute atomic E-state index is 12.2. The Kier molecular flexibility index (Phi) is 4.90. The molecule has 1 atom stereocenters. The molecule has 0 aromatic heterocycles. The van der Waals surface area contributed by atoms with Crippen LogP contribution in [-0.2, 0) is 4.74 Å². The summed E-state index contributed by atoms with van der Waals surface area (Å²) in [5.74, 6) is 0. The molecule has 1 saturated heterocycles. The number of rotatable bonds is 1. The molecule has 1 aromatic rings. The molecule has 1 aliphatic rings. The first kappa shape index (κ1) is 16.9. The predicted octanol–water partition coefficient (Wildman–Crippen LogP) is 3.48. The van der Waals surface area contributed by atoms with E-state index in [0.29, 0.717) is 6.54 Å². The Morgan fingerprint density at radius 3 is 2.64 bits per heavy atom. The molecule has 1 aliphatic heterocycles. The monoisotopic (exact) mass is 369 g/mol. The number of ether oxygens (including phenoxy) is 1. The van der Waals surface area contributed by atoms with Gasteiger partial charge in [0, 0.05) is 30.1 Å². The van der Waals surface area contributed by atoms with Crippen LogP contribution < -0.4 is 10.6 Å². The Bertz CT molecular complexity index is 557. The van der Waals surface area contributed by atoms with E-state index in [1.165, 1.54) is 0 Å². The highest BCUT2D eigenvalue weighted by atomic mass is 79.9. The van der Waals surface area contributed by atoms with E-state index in [9.17, 15) is 4.79 Å². The summed E-state index contributed by atoms with van der Waals surface area (Å²) in [5, 5.41) is 0. The van der Waals surface area contributed by atoms with Crippen LogP contribution >= 0.6 is 15.9 Å².